The van der Waals surface area contributed by atoms with E-state index >= 15 is 0 Å². The number of hydrogen-bond donors (Lipinski definition) is 1. The summed E-state index contributed by atoms with van der Waals surface area (Å²) in [5.41, 5.74) is 5.18. The average Bonchev–Trinajstić information content (AvgIpc) is 3.04. The van der Waals surface area contributed by atoms with Crippen molar-refractivity contribution in [3.8, 4) is 5.75 Å². The molecule has 1 amide bonds. The number of amides is 1. The van der Waals surface area contributed by atoms with Crippen molar-refractivity contribution in [2.45, 2.75) is 6.92 Å². The first kappa shape index (κ1) is 15.8. The first-order valence-electron chi connectivity index (χ1n) is 7.96. The van der Waals surface area contributed by atoms with Crippen molar-refractivity contribution in [3.05, 3.63) is 58.2 Å². The molecule has 25 heavy (non-hydrogen) atoms. The van der Waals surface area contributed by atoms with E-state index in [2.05, 4.69) is 5.32 Å². The highest BCUT2D eigenvalue weighted by Gasteiger charge is 2.25. The highest BCUT2D eigenvalue weighted by atomic mass is 35.5. The van der Waals surface area contributed by atoms with Gasteiger partial charge < -0.3 is 14.6 Å². The molecule has 126 valence electrons. The molecule has 0 atom stereocenters. The minimum atomic E-state index is -0.117. The molecule has 4 rings (SSSR count). The summed E-state index contributed by atoms with van der Waals surface area (Å²) >= 11 is 6.58. The van der Waals surface area contributed by atoms with Crippen LogP contribution < -0.4 is 10.1 Å². The Balaban J connectivity index is 1.99. The Kier molecular flexibility index (Phi) is 3.58. The molecule has 1 aromatic heterocycles. The highest BCUT2D eigenvalue weighted by molar-refractivity contribution is 6.38. The number of ether oxygens (including phenoxy) is 1. The molecule has 2 aromatic carbocycles. The van der Waals surface area contributed by atoms with Crippen molar-refractivity contribution in [3.63, 3.8) is 0 Å². The molecule has 0 fully saturated rings. The third-order valence-corrected chi connectivity index (χ3v) is 5.14. The smallest absolute Gasteiger partial charge is 0.256 e. The van der Waals surface area contributed by atoms with E-state index in [4.69, 9.17) is 16.3 Å². The van der Waals surface area contributed by atoms with Crippen LogP contribution in [0.1, 0.15) is 16.7 Å². The number of rotatable bonds is 2. The highest BCUT2D eigenvalue weighted by Crippen LogP contribution is 2.38. The van der Waals surface area contributed by atoms with Crippen LogP contribution in [0.5, 0.6) is 5.75 Å². The first-order chi connectivity index (χ1) is 12.0. The van der Waals surface area contributed by atoms with Crippen LogP contribution in [0.15, 0.2) is 36.4 Å². The standard InChI is InChI=1S/C20H17ClN2O2/c1-11-8-17-13(10-18(11)25-3)14(19(21)23(17)2)9-15-12-6-4-5-7-16(12)22-20(15)24/h4-10H,1-3H3,(H,22,24)/b15-9+. The van der Waals surface area contributed by atoms with Gasteiger partial charge in [-0.25, -0.2) is 0 Å². The van der Waals surface area contributed by atoms with Gasteiger partial charge in [-0.05, 0) is 36.8 Å². The normalized spacial score (nSPS) is 14.9. The Morgan fingerprint density at radius 2 is 2.00 bits per heavy atom. The fourth-order valence-electron chi connectivity index (χ4n) is 3.35. The lowest BCUT2D eigenvalue weighted by atomic mass is 10.0. The zero-order valence-corrected chi connectivity index (χ0v) is 14.9. The number of carbonyl (C=O) groups is 1. The van der Waals surface area contributed by atoms with Gasteiger partial charge in [-0.2, -0.15) is 0 Å². The lowest BCUT2D eigenvalue weighted by Crippen LogP contribution is -2.03. The van der Waals surface area contributed by atoms with Crippen LogP contribution in [0.4, 0.5) is 5.69 Å². The summed E-state index contributed by atoms with van der Waals surface area (Å²) < 4.78 is 7.38. The van der Waals surface area contributed by atoms with Crippen LogP contribution in [0.25, 0.3) is 22.6 Å². The van der Waals surface area contributed by atoms with Crippen LogP contribution in [0, 0.1) is 6.92 Å². The van der Waals surface area contributed by atoms with E-state index in [1.165, 1.54) is 0 Å². The van der Waals surface area contributed by atoms with Gasteiger partial charge >= 0.3 is 0 Å². The van der Waals surface area contributed by atoms with Crippen molar-refractivity contribution < 1.29 is 9.53 Å². The van der Waals surface area contributed by atoms with Gasteiger partial charge in [-0.3, -0.25) is 4.79 Å². The van der Waals surface area contributed by atoms with Gasteiger partial charge in [0.2, 0.25) is 0 Å². The van der Waals surface area contributed by atoms with E-state index in [1.54, 1.807) is 7.11 Å². The van der Waals surface area contributed by atoms with Crippen molar-refractivity contribution in [1.82, 2.24) is 4.57 Å². The van der Waals surface area contributed by atoms with Crippen molar-refractivity contribution in [2.75, 3.05) is 12.4 Å². The second kappa shape index (κ2) is 5.67. The Morgan fingerprint density at radius 3 is 2.76 bits per heavy atom. The number of nitrogens with zero attached hydrogens (tertiary/aromatic N) is 1. The lowest BCUT2D eigenvalue weighted by Gasteiger charge is -2.05. The number of fused-ring (bicyclic) bond motifs is 2. The van der Waals surface area contributed by atoms with Gasteiger partial charge in [0, 0.05) is 34.8 Å². The minimum Gasteiger partial charge on any atom is -0.496 e. The van der Waals surface area contributed by atoms with Gasteiger partial charge in [0.15, 0.2) is 0 Å². The molecule has 0 radical (unpaired) electrons. The minimum absolute atomic E-state index is 0.117. The number of nitrogens with one attached hydrogen (secondary N) is 1. The van der Waals surface area contributed by atoms with Gasteiger partial charge in [0.05, 0.1) is 12.6 Å². The van der Waals surface area contributed by atoms with E-state index < -0.39 is 0 Å². The van der Waals surface area contributed by atoms with E-state index in [-0.39, 0.29) is 5.91 Å². The van der Waals surface area contributed by atoms with Gasteiger partial charge in [-0.15, -0.1) is 0 Å². The fraction of sp³-hybridized carbons (Fsp3) is 0.150. The van der Waals surface area contributed by atoms with E-state index in [9.17, 15) is 4.79 Å². The summed E-state index contributed by atoms with van der Waals surface area (Å²) in [5.74, 6) is 0.680. The van der Waals surface area contributed by atoms with Crippen molar-refractivity contribution in [2.24, 2.45) is 7.05 Å². The zero-order chi connectivity index (χ0) is 17.7. The van der Waals surface area contributed by atoms with E-state index in [1.807, 2.05) is 61.0 Å². The summed E-state index contributed by atoms with van der Waals surface area (Å²) in [6.07, 6.45) is 1.86. The number of aryl methyl sites for hydroxylation is 2. The molecule has 0 bridgehead atoms. The maximum atomic E-state index is 12.4. The van der Waals surface area contributed by atoms with Gasteiger partial charge in [-0.1, -0.05) is 29.8 Å². The number of methoxy groups -OCH3 is 1. The SMILES string of the molecule is COc1cc2c(/C=C3/C(=O)Nc4ccccc43)c(Cl)n(C)c2cc1C. The molecule has 0 saturated carbocycles. The Morgan fingerprint density at radius 1 is 1.24 bits per heavy atom. The predicted octanol–water partition coefficient (Wildman–Crippen LogP) is 4.64. The van der Waals surface area contributed by atoms with Gasteiger partial charge in [0.1, 0.15) is 10.9 Å². The first-order valence-corrected chi connectivity index (χ1v) is 8.34. The number of aromatic nitrogens is 1. The summed E-state index contributed by atoms with van der Waals surface area (Å²) in [6, 6.07) is 11.7. The maximum Gasteiger partial charge on any atom is 0.256 e. The number of hydrogen-bond acceptors (Lipinski definition) is 2. The quantitative estimate of drug-likeness (QED) is 0.683. The van der Waals surface area contributed by atoms with E-state index in [0.717, 1.165) is 39.0 Å². The fourth-order valence-corrected chi connectivity index (χ4v) is 3.59. The summed E-state index contributed by atoms with van der Waals surface area (Å²) in [7, 11) is 3.57. The number of para-hydroxylation sites is 1. The molecule has 3 aromatic rings. The third-order valence-electron chi connectivity index (χ3n) is 4.68. The van der Waals surface area contributed by atoms with Crippen LogP contribution in [0.3, 0.4) is 0 Å². The molecule has 2 heterocycles. The monoisotopic (exact) mass is 352 g/mol. The second-order valence-corrected chi connectivity index (χ2v) is 6.52. The molecule has 0 spiro atoms. The zero-order valence-electron chi connectivity index (χ0n) is 14.2. The molecule has 1 aliphatic heterocycles. The molecule has 0 saturated heterocycles. The van der Waals surface area contributed by atoms with Crippen LogP contribution >= 0.6 is 11.6 Å². The third kappa shape index (κ3) is 2.33. The number of benzene rings is 2. The number of carbonyl (C=O) groups excluding carboxylic acids is 1. The molecular formula is C20H17ClN2O2. The van der Waals surface area contributed by atoms with Crippen molar-refractivity contribution >= 4 is 45.7 Å². The molecular weight excluding hydrogens is 336 g/mol. The molecule has 1 N–H and O–H groups in total. The predicted molar refractivity (Wildman–Crippen MR) is 102 cm³/mol. The Bertz CT molecular complexity index is 1060. The molecule has 0 unspecified atom stereocenters. The van der Waals surface area contributed by atoms with E-state index in [0.29, 0.717) is 10.7 Å². The molecule has 4 nitrogen and oxygen atoms in total. The largest absolute Gasteiger partial charge is 0.496 e. The number of halogens is 1. The Hall–Kier alpha value is -2.72. The summed E-state index contributed by atoms with van der Waals surface area (Å²) in [5, 5.41) is 4.44. The van der Waals surface area contributed by atoms with Crippen LogP contribution in [-0.4, -0.2) is 17.6 Å². The second-order valence-electron chi connectivity index (χ2n) is 6.16. The van der Waals surface area contributed by atoms with Gasteiger partial charge in [0.25, 0.3) is 5.91 Å². The average molecular weight is 353 g/mol. The summed E-state index contributed by atoms with van der Waals surface area (Å²) in [6.45, 7) is 2.00. The number of anilines is 1. The maximum absolute atomic E-state index is 12.4. The Labute approximate surface area is 150 Å². The molecule has 1 aliphatic rings. The molecule has 5 heteroatoms. The van der Waals surface area contributed by atoms with Crippen LogP contribution in [-0.2, 0) is 11.8 Å². The van der Waals surface area contributed by atoms with Crippen LogP contribution in [0.2, 0.25) is 5.15 Å². The lowest BCUT2D eigenvalue weighted by molar-refractivity contribution is -0.110. The topological polar surface area (TPSA) is 43.3 Å². The summed E-state index contributed by atoms with van der Waals surface area (Å²) in [4.78, 5) is 12.4. The van der Waals surface area contributed by atoms with Crippen molar-refractivity contribution in [1.29, 1.82) is 0 Å². The molecule has 0 aliphatic carbocycles.